The molecule has 1 aliphatic heterocycles. The molecule has 1 unspecified atom stereocenters. The number of allylic oxidation sites excluding steroid dienone is 1. The van der Waals surface area contributed by atoms with Gasteiger partial charge in [0.25, 0.3) is 0 Å². The lowest BCUT2D eigenvalue weighted by Crippen LogP contribution is -2.31. The lowest BCUT2D eigenvalue weighted by atomic mass is 9.97. The van der Waals surface area contributed by atoms with Crippen LogP contribution in [0, 0.1) is 11.3 Å². The van der Waals surface area contributed by atoms with E-state index in [-0.39, 0.29) is 6.04 Å². The highest BCUT2D eigenvalue weighted by atomic mass is 15.1. The maximum Gasteiger partial charge on any atom is 0.136 e. The molecule has 0 fully saturated rings. The van der Waals surface area contributed by atoms with Gasteiger partial charge in [0.05, 0.1) is 6.07 Å². The summed E-state index contributed by atoms with van der Waals surface area (Å²) in [6, 6.07) is 10.3. The van der Waals surface area contributed by atoms with Crippen molar-refractivity contribution in [3.63, 3.8) is 0 Å². The number of hydrogen-bond acceptors (Lipinski definition) is 2. The van der Waals surface area contributed by atoms with Crippen LogP contribution < -0.4 is 4.90 Å². The second kappa shape index (κ2) is 3.19. The highest BCUT2D eigenvalue weighted by molar-refractivity contribution is 5.80. The molecule has 0 bridgehead atoms. The Kier molecular flexibility index (Phi) is 2.01. The van der Waals surface area contributed by atoms with E-state index in [1.54, 1.807) is 0 Å². The van der Waals surface area contributed by atoms with Crippen molar-refractivity contribution >= 4 is 11.3 Å². The average Bonchev–Trinajstić information content (AvgIpc) is 2.23. The standard InChI is InChI=1S/C12H12N2/c1-9-7-10(8-13)14(2)12-6-4-3-5-11(9)12/h3-7,10H,1-2H3. The van der Waals surface area contributed by atoms with Crippen molar-refractivity contribution in [3.05, 3.63) is 35.9 Å². The Morgan fingerprint density at radius 1 is 1.36 bits per heavy atom. The molecule has 0 saturated heterocycles. The lowest BCUT2D eigenvalue weighted by Gasteiger charge is -2.30. The van der Waals surface area contributed by atoms with Gasteiger partial charge in [-0.3, -0.25) is 0 Å². The number of fused-ring (bicyclic) bond motifs is 1. The van der Waals surface area contributed by atoms with Crippen LogP contribution in [0.3, 0.4) is 0 Å². The van der Waals surface area contributed by atoms with E-state index in [0.717, 1.165) is 5.69 Å². The number of hydrogen-bond donors (Lipinski definition) is 0. The van der Waals surface area contributed by atoms with Gasteiger partial charge in [-0.15, -0.1) is 0 Å². The van der Waals surface area contributed by atoms with E-state index in [1.165, 1.54) is 11.1 Å². The molecule has 0 spiro atoms. The molecule has 1 aromatic carbocycles. The van der Waals surface area contributed by atoms with Gasteiger partial charge < -0.3 is 4.90 Å². The smallest absolute Gasteiger partial charge is 0.136 e. The Hall–Kier alpha value is -1.75. The first-order valence-electron chi connectivity index (χ1n) is 4.64. The second-order valence-electron chi connectivity index (χ2n) is 3.55. The Morgan fingerprint density at radius 2 is 2.07 bits per heavy atom. The van der Waals surface area contributed by atoms with E-state index in [2.05, 4.69) is 25.1 Å². The van der Waals surface area contributed by atoms with Crippen LogP contribution in [0.2, 0.25) is 0 Å². The van der Waals surface area contributed by atoms with Gasteiger partial charge in [-0.1, -0.05) is 18.2 Å². The fraction of sp³-hybridized carbons (Fsp3) is 0.250. The third kappa shape index (κ3) is 1.18. The zero-order chi connectivity index (χ0) is 10.1. The van der Waals surface area contributed by atoms with Crippen LogP contribution in [0.15, 0.2) is 30.3 Å². The molecule has 1 aliphatic rings. The molecule has 0 N–H and O–H groups in total. The zero-order valence-corrected chi connectivity index (χ0v) is 8.36. The summed E-state index contributed by atoms with van der Waals surface area (Å²) in [4.78, 5) is 2.00. The molecule has 2 nitrogen and oxygen atoms in total. The maximum atomic E-state index is 8.97. The predicted molar refractivity (Wildman–Crippen MR) is 57.9 cm³/mol. The number of para-hydroxylation sites is 1. The largest absolute Gasteiger partial charge is 0.355 e. The van der Waals surface area contributed by atoms with Gasteiger partial charge in [0.15, 0.2) is 0 Å². The first kappa shape index (κ1) is 8.83. The molecule has 0 amide bonds. The quantitative estimate of drug-likeness (QED) is 0.619. The van der Waals surface area contributed by atoms with Crippen LogP contribution in [0.25, 0.3) is 5.57 Å². The first-order valence-corrected chi connectivity index (χ1v) is 4.64. The Balaban J connectivity index is 2.58. The molecular weight excluding hydrogens is 172 g/mol. The van der Waals surface area contributed by atoms with Crippen LogP contribution in [0.1, 0.15) is 12.5 Å². The summed E-state index contributed by atoms with van der Waals surface area (Å²) in [6.45, 7) is 2.05. The molecule has 70 valence electrons. The number of anilines is 1. The molecule has 1 aromatic rings. The Morgan fingerprint density at radius 3 is 2.79 bits per heavy atom. The first-order chi connectivity index (χ1) is 6.74. The minimum atomic E-state index is -0.134. The van der Waals surface area contributed by atoms with Crippen LogP contribution in [-0.2, 0) is 0 Å². The van der Waals surface area contributed by atoms with Crippen LogP contribution in [-0.4, -0.2) is 13.1 Å². The highest BCUT2D eigenvalue weighted by Gasteiger charge is 2.20. The topological polar surface area (TPSA) is 27.0 Å². The fourth-order valence-electron chi connectivity index (χ4n) is 1.83. The van der Waals surface area contributed by atoms with Gasteiger partial charge in [0.1, 0.15) is 6.04 Å². The van der Waals surface area contributed by atoms with Crippen molar-refractivity contribution in [2.45, 2.75) is 13.0 Å². The molecular formula is C12H12N2. The summed E-state index contributed by atoms with van der Waals surface area (Å²) in [7, 11) is 1.95. The molecule has 1 atom stereocenters. The van der Waals surface area contributed by atoms with Crippen LogP contribution in [0.5, 0.6) is 0 Å². The van der Waals surface area contributed by atoms with Crippen LogP contribution in [0.4, 0.5) is 5.69 Å². The molecule has 14 heavy (non-hydrogen) atoms. The van der Waals surface area contributed by atoms with Gasteiger partial charge in [0.2, 0.25) is 0 Å². The Bertz CT molecular complexity index is 426. The molecule has 2 heteroatoms. The van der Waals surface area contributed by atoms with E-state index in [1.807, 2.05) is 30.2 Å². The Labute approximate surface area is 84.1 Å². The van der Waals surface area contributed by atoms with E-state index >= 15 is 0 Å². The van der Waals surface area contributed by atoms with Gasteiger partial charge in [-0.2, -0.15) is 5.26 Å². The zero-order valence-electron chi connectivity index (χ0n) is 8.36. The molecule has 0 saturated carbocycles. The minimum Gasteiger partial charge on any atom is -0.355 e. The second-order valence-corrected chi connectivity index (χ2v) is 3.55. The molecule has 1 heterocycles. The van der Waals surface area contributed by atoms with Crippen LogP contribution >= 0.6 is 0 Å². The van der Waals surface area contributed by atoms with E-state index in [0.29, 0.717) is 0 Å². The third-order valence-corrected chi connectivity index (χ3v) is 2.67. The third-order valence-electron chi connectivity index (χ3n) is 2.67. The van der Waals surface area contributed by atoms with Crippen molar-refractivity contribution in [3.8, 4) is 6.07 Å². The predicted octanol–water partition coefficient (Wildman–Crippen LogP) is 2.43. The monoisotopic (exact) mass is 184 g/mol. The molecule has 2 rings (SSSR count). The van der Waals surface area contributed by atoms with Crippen molar-refractivity contribution < 1.29 is 0 Å². The normalized spacial score (nSPS) is 19.6. The lowest BCUT2D eigenvalue weighted by molar-refractivity contribution is 0.891. The molecule has 0 aliphatic carbocycles. The fourth-order valence-corrected chi connectivity index (χ4v) is 1.83. The van der Waals surface area contributed by atoms with Crippen molar-refractivity contribution in [1.29, 1.82) is 5.26 Å². The summed E-state index contributed by atoms with van der Waals surface area (Å²) < 4.78 is 0. The highest BCUT2D eigenvalue weighted by Crippen LogP contribution is 2.32. The number of rotatable bonds is 0. The minimum absolute atomic E-state index is 0.134. The van der Waals surface area contributed by atoms with Gasteiger partial charge in [0, 0.05) is 18.3 Å². The number of nitrogens with zero attached hydrogens (tertiary/aromatic N) is 2. The van der Waals surface area contributed by atoms with E-state index in [9.17, 15) is 0 Å². The summed E-state index contributed by atoms with van der Waals surface area (Å²) in [5.74, 6) is 0. The summed E-state index contributed by atoms with van der Waals surface area (Å²) in [6.07, 6.45) is 2.00. The number of benzene rings is 1. The average molecular weight is 184 g/mol. The molecule has 0 aromatic heterocycles. The van der Waals surface area contributed by atoms with Crippen molar-refractivity contribution in [2.75, 3.05) is 11.9 Å². The summed E-state index contributed by atoms with van der Waals surface area (Å²) in [5.41, 5.74) is 3.55. The SMILES string of the molecule is CC1=CC(C#N)N(C)c2ccccc21. The van der Waals surface area contributed by atoms with Gasteiger partial charge in [-0.05, 0) is 24.6 Å². The van der Waals surface area contributed by atoms with E-state index in [4.69, 9.17) is 5.26 Å². The summed E-state index contributed by atoms with van der Waals surface area (Å²) >= 11 is 0. The number of likely N-dealkylation sites (N-methyl/N-ethyl adjacent to an activating group) is 1. The van der Waals surface area contributed by atoms with Crippen molar-refractivity contribution in [2.24, 2.45) is 0 Å². The molecule has 0 radical (unpaired) electrons. The summed E-state index contributed by atoms with van der Waals surface area (Å²) in [5, 5.41) is 8.97. The van der Waals surface area contributed by atoms with E-state index < -0.39 is 0 Å². The van der Waals surface area contributed by atoms with Gasteiger partial charge in [-0.25, -0.2) is 0 Å². The maximum absolute atomic E-state index is 8.97. The van der Waals surface area contributed by atoms with Crippen molar-refractivity contribution in [1.82, 2.24) is 0 Å². The number of nitriles is 1. The van der Waals surface area contributed by atoms with Gasteiger partial charge >= 0.3 is 0 Å².